The van der Waals surface area contributed by atoms with Crippen LogP contribution in [-0.2, 0) is 6.42 Å². The number of nitrogens with one attached hydrogen (secondary N) is 1. The molecule has 19 heavy (non-hydrogen) atoms. The molecule has 1 N–H and O–H groups in total. The molecular formula is C14H19N3O2. The molecule has 0 saturated heterocycles. The molecule has 5 heteroatoms. The molecule has 1 heterocycles. The Balaban J connectivity index is 2.11. The Morgan fingerprint density at radius 2 is 2.21 bits per heavy atom. The van der Waals surface area contributed by atoms with Crippen molar-refractivity contribution in [2.75, 3.05) is 20.7 Å². The van der Waals surface area contributed by atoms with Crippen LogP contribution in [0.15, 0.2) is 22.7 Å². The van der Waals surface area contributed by atoms with Gasteiger partial charge in [-0.3, -0.25) is 0 Å². The number of ether oxygens (including phenoxy) is 1. The summed E-state index contributed by atoms with van der Waals surface area (Å²) >= 11 is 0. The third-order valence-corrected chi connectivity index (χ3v) is 2.94. The summed E-state index contributed by atoms with van der Waals surface area (Å²) in [7, 11) is 3.59. The summed E-state index contributed by atoms with van der Waals surface area (Å²) in [6.07, 6.45) is 1.78. The van der Waals surface area contributed by atoms with E-state index in [-0.39, 0.29) is 0 Å². The summed E-state index contributed by atoms with van der Waals surface area (Å²) in [6, 6.07) is 5.86. The summed E-state index contributed by atoms with van der Waals surface area (Å²) in [4.78, 5) is 4.40. The standard InChI is InChI=1S/C14H19N3O2/c1-10-9-11(6-7-12(10)18-3)14-16-13(19-17-14)5-4-8-15-2/h6-7,9,15H,4-5,8H2,1-3H3. The van der Waals surface area contributed by atoms with E-state index in [9.17, 15) is 0 Å². The summed E-state index contributed by atoms with van der Waals surface area (Å²) in [5, 5.41) is 7.11. The first-order valence-corrected chi connectivity index (χ1v) is 6.37. The number of hydrogen-bond donors (Lipinski definition) is 1. The molecule has 1 aromatic carbocycles. The highest BCUT2D eigenvalue weighted by molar-refractivity contribution is 5.58. The molecule has 0 amide bonds. The van der Waals surface area contributed by atoms with Crippen molar-refractivity contribution >= 4 is 0 Å². The van der Waals surface area contributed by atoms with Crippen molar-refractivity contribution in [2.45, 2.75) is 19.8 Å². The summed E-state index contributed by atoms with van der Waals surface area (Å²) in [5.41, 5.74) is 2.00. The van der Waals surface area contributed by atoms with Crippen molar-refractivity contribution in [3.63, 3.8) is 0 Å². The van der Waals surface area contributed by atoms with Crippen LogP contribution in [0.25, 0.3) is 11.4 Å². The molecule has 0 atom stereocenters. The van der Waals surface area contributed by atoms with Gasteiger partial charge in [-0.2, -0.15) is 4.98 Å². The van der Waals surface area contributed by atoms with E-state index in [2.05, 4.69) is 15.5 Å². The lowest BCUT2D eigenvalue weighted by Gasteiger charge is -2.04. The van der Waals surface area contributed by atoms with Crippen molar-refractivity contribution in [1.29, 1.82) is 0 Å². The van der Waals surface area contributed by atoms with Gasteiger partial charge in [-0.25, -0.2) is 0 Å². The second kappa shape index (κ2) is 6.33. The zero-order chi connectivity index (χ0) is 13.7. The third-order valence-electron chi connectivity index (χ3n) is 2.94. The lowest BCUT2D eigenvalue weighted by Crippen LogP contribution is -2.08. The van der Waals surface area contributed by atoms with Gasteiger partial charge >= 0.3 is 0 Å². The van der Waals surface area contributed by atoms with Crippen molar-refractivity contribution in [1.82, 2.24) is 15.5 Å². The Kier molecular flexibility index (Phi) is 4.52. The molecule has 2 rings (SSSR count). The van der Waals surface area contributed by atoms with Gasteiger partial charge in [0.05, 0.1) is 7.11 Å². The number of rotatable bonds is 6. The maximum absolute atomic E-state index is 5.24. The molecule has 5 nitrogen and oxygen atoms in total. The quantitative estimate of drug-likeness (QED) is 0.808. The molecule has 0 saturated carbocycles. The predicted octanol–water partition coefficient (Wildman–Crippen LogP) is 2.21. The molecule has 0 aliphatic carbocycles. The second-order valence-electron chi connectivity index (χ2n) is 4.40. The van der Waals surface area contributed by atoms with Gasteiger partial charge in [0.25, 0.3) is 0 Å². The fourth-order valence-corrected chi connectivity index (χ4v) is 1.91. The lowest BCUT2D eigenvalue weighted by molar-refractivity contribution is 0.375. The van der Waals surface area contributed by atoms with Gasteiger partial charge in [0, 0.05) is 12.0 Å². The minimum absolute atomic E-state index is 0.630. The minimum Gasteiger partial charge on any atom is -0.496 e. The van der Waals surface area contributed by atoms with Crippen LogP contribution in [0, 0.1) is 6.92 Å². The van der Waals surface area contributed by atoms with Crippen molar-refractivity contribution in [3.05, 3.63) is 29.7 Å². The van der Waals surface area contributed by atoms with Gasteiger partial charge in [0.2, 0.25) is 11.7 Å². The van der Waals surface area contributed by atoms with Crippen LogP contribution in [0.4, 0.5) is 0 Å². The number of methoxy groups -OCH3 is 1. The molecule has 0 unspecified atom stereocenters. The maximum Gasteiger partial charge on any atom is 0.227 e. The number of aryl methyl sites for hydroxylation is 2. The summed E-state index contributed by atoms with van der Waals surface area (Å²) in [5.74, 6) is 2.17. The molecule has 0 bridgehead atoms. The van der Waals surface area contributed by atoms with E-state index in [1.165, 1.54) is 0 Å². The Hall–Kier alpha value is -1.88. The number of benzene rings is 1. The zero-order valence-electron chi connectivity index (χ0n) is 11.6. The Morgan fingerprint density at radius 3 is 2.89 bits per heavy atom. The highest BCUT2D eigenvalue weighted by Gasteiger charge is 2.09. The van der Waals surface area contributed by atoms with E-state index in [4.69, 9.17) is 9.26 Å². The first-order chi connectivity index (χ1) is 9.24. The summed E-state index contributed by atoms with van der Waals surface area (Å²) in [6.45, 7) is 2.94. The SMILES string of the molecule is CNCCCc1nc(-c2ccc(OC)c(C)c2)no1. The van der Waals surface area contributed by atoms with Crippen molar-refractivity contribution in [3.8, 4) is 17.1 Å². The van der Waals surface area contributed by atoms with Crippen LogP contribution in [-0.4, -0.2) is 30.8 Å². The predicted molar refractivity (Wildman–Crippen MR) is 73.3 cm³/mol. The largest absolute Gasteiger partial charge is 0.496 e. The monoisotopic (exact) mass is 261 g/mol. The molecule has 2 aromatic rings. The Bertz CT molecular complexity index is 537. The molecule has 0 radical (unpaired) electrons. The number of aromatic nitrogens is 2. The second-order valence-corrected chi connectivity index (χ2v) is 4.40. The highest BCUT2D eigenvalue weighted by atomic mass is 16.5. The van der Waals surface area contributed by atoms with E-state index in [1.807, 2.05) is 32.2 Å². The van der Waals surface area contributed by atoms with Crippen LogP contribution in [0.1, 0.15) is 17.9 Å². The summed E-state index contributed by atoms with van der Waals surface area (Å²) < 4.78 is 10.5. The van der Waals surface area contributed by atoms with Crippen LogP contribution >= 0.6 is 0 Å². The third kappa shape index (κ3) is 3.32. The maximum atomic E-state index is 5.24. The highest BCUT2D eigenvalue weighted by Crippen LogP contribution is 2.24. The average molecular weight is 261 g/mol. The smallest absolute Gasteiger partial charge is 0.227 e. The van der Waals surface area contributed by atoms with Gasteiger partial charge < -0.3 is 14.6 Å². The molecule has 0 spiro atoms. The molecule has 0 fully saturated rings. The fourth-order valence-electron chi connectivity index (χ4n) is 1.91. The van der Waals surface area contributed by atoms with Crippen molar-refractivity contribution in [2.24, 2.45) is 0 Å². The van der Waals surface area contributed by atoms with Crippen LogP contribution in [0.3, 0.4) is 0 Å². The topological polar surface area (TPSA) is 60.2 Å². The molecule has 0 aliphatic heterocycles. The van der Waals surface area contributed by atoms with E-state index in [0.717, 1.165) is 36.3 Å². The van der Waals surface area contributed by atoms with Gasteiger partial charge in [0.15, 0.2) is 0 Å². The average Bonchev–Trinajstić information content (AvgIpc) is 2.88. The molecular weight excluding hydrogens is 242 g/mol. The Morgan fingerprint density at radius 1 is 1.37 bits per heavy atom. The zero-order valence-corrected chi connectivity index (χ0v) is 11.6. The van der Waals surface area contributed by atoms with Gasteiger partial charge in [-0.05, 0) is 50.7 Å². The first kappa shape index (κ1) is 13.5. The molecule has 0 aliphatic rings. The van der Waals surface area contributed by atoms with Crippen LogP contribution in [0.5, 0.6) is 5.75 Å². The first-order valence-electron chi connectivity index (χ1n) is 6.37. The van der Waals surface area contributed by atoms with Crippen LogP contribution in [0.2, 0.25) is 0 Å². The Labute approximate surface area is 113 Å². The van der Waals surface area contributed by atoms with Crippen LogP contribution < -0.4 is 10.1 Å². The molecule has 102 valence electrons. The van der Waals surface area contributed by atoms with E-state index in [1.54, 1.807) is 7.11 Å². The van der Waals surface area contributed by atoms with Gasteiger partial charge in [0.1, 0.15) is 5.75 Å². The normalized spacial score (nSPS) is 10.7. The van der Waals surface area contributed by atoms with E-state index >= 15 is 0 Å². The van der Waals surface area contributed by atoms with Gasteiger partial charge in [-0.15, -0.1) is 0 Å². The number of nitrogens with zero attached hydrogens (tertiary/aromatic N) is 2. The lowest BCUT2D eigenvalue weighted by atomic mass is 10.1. The number of hydrogen-bond acceptors (Lipinski definition) is 5. The fraction of sp³-hybridized carbons (Fsp3) is 0.429. The van der Waals surface area contributed by atoms with E-state index < -0.39 is 0 Å². The molecule has 1 aromatic heterocycles. The van der Waals surface area contributed by atoms with E-state index in [0.29, 0.717) is 11.7 Å². The van der Waals surface area contributed by atoms with Crippen molar-refractivity contribution < 1.29 is 9.26 Å². The van der Waals surface area contributed by atoms with Gasteiger partial charge in [-0.1, -0.05) is 5.16 Å². The minimum atomic E-state index is 0.630.